The minimum Gasteiger partial charge on any atom is -0.494 e. The van der Waals surface area contributed by atoms with Gasteiger partial charge in [-0.2, -0.15) is 0 Å². The van der Waals surface area contributed by atoms with Crippen molar-refractivity contribution in [3.63, 3.8) is 0 Å². The highest BCUT2D eigenvalue weighted by Gasteiger charge is 2.24. The molecule has 184 valence electrons. The van der Waals surface area contributed by atoms with Crippen molar-refractivity contribution in [1.82, 2.24) is 15.5 Å². The molecule has 1 fully saturated rings. The molecular weight excluding hydrogens is 430 g/mol. The number of hydrogen-bond donors (Lipinski definition) is 2. The van der Waals surface area contributed by atoms with Crippen molar-refractivity contribution in [3.05, 3.63) is 65.2 Å². The van der Waals surface area contributed by atoms with Crippen molar-refractivity contribution in [3.8, 4) is 5.75 Å². The van der Waals surface area contributed by atoms with Crippen LogP contribution in [-0.2, 0) is 22.6 Å². The highest BCUT2D eigenvalue weighted by atomic mass is 16.5. The van der Waals surface area contributed by atoms with E-state index in [9.17, 15) is 9.59 Å². The fraction of sp³-hybridized carbons (Fsp3) is 0.481. The molecule has 2 atom stereocenters. The standard InChI is InChI=1S/C27H37N3O4/c1-5-33-24-11-9-23(10-12-24)26(31)29-25(19(2)3)27(32)28-16-21-7-6-8-22(15-21)18-30-13-14-34-20(4)17-30/h6-12,15,19-20,25H,5,13-14,16-18H2,1-4H3,(H,28,32)(H,29,31). The normalized spacial score (nSPS) is 17.3. The van der Waals surface area contributed by atoms with Crippen molar-refractivity contribution >= 4 is 11.8 Å². The molecule has 34 heavy (non-hydrogen) atoms. The summed E-state index contributed by atoms with van der Waals surface area (Å²) in [5, 5.41) is 5.87. The molecule has 2 aromatic carbocycles. The first kappa shape index (κ1) is 25.7. The minimum absolute atomic E-state index is 0.0544. The number of nitrogens with one attached hydrogen (secondary N) is 2. The maximum atomic E-state index is 12.9. The number of nitrogens with zero attached hydrogens (tertiary/aromatic N) is 1. The number of rotatable bonds is 10. The second-order valence-electron chi connectivity index (χ2n) is 9.11. The molecule has 1 aliphatic rings. The Kier molecular flexibility index (Phi) is 9.48. The van der Waals surface area contributed by atoms with Gasteiger partial charge in [0.25, 0.3) is 5.91 Å². The molecule has 2 N–H and O–H groups in total. The van der Waals surface area contributed by atoms with Crippen LogP contribution in [0.15, 0.2) is 48.5 Å². The maximum absolute atomic E-state index is 12.9. The summed E-state index contributed by atoms with van der Waals surface area (Å²) < 4.78 is 11.0. The summed E-state index contributed by atoms with van der Waals surface area (Å²) in [6.07, 6.45) is 0.252. The van der Waals surface area contributed by atoms with E-state index in [1.54, 1.807) is 24.3 Å². The Bertz CT molecular complexity index is 945. The van der Waals surface area contributed by atoms with Gasteiger partial charge in [0.15, 0.2) is 0 Å². The van der Waals surface area contributed by atoms with E-state index in [0.717, 1.165) is 31.8 Å². The van der Waals surface area contributed by atoms with E-state index in [0.29, 0.717) is 24.5 Å². The molecule has 1 heterocycles. The van der Waals surface area contributed by atoms with Crippen LogP contribution in [0.5, 0.6) is 5.75 Å². The Hall–Kier alpha value is -2.90. The van der Waals surface area contributed by atoms with Crippen molar-refractivity contribution in [1.29, 1.82) is 0 Å². The zero-order chi connectivity index (χ0) is 24.5. The average Bonchev–Trinajstić information content (AvgIpc) is 2.81. The second-order valence-corrected chi connectivity index (χ2v) is 9.11. The van der Waals surface area contributed by atoms with Crippen molar-refractivity contribution in [2.75, 3.05) is 26.3 Å². The fourth-order valence-electron chi connectivity index (χ4n) is 4.06. The number of morpholine rings is 1. The van der Waals surface area contributed by atoms with E-state index in [1.807, 2.05) is 32.9 Å². The van der Waals surface area contributed by atoms with E-state index in [2.05, 4.69) is 34.6 Å². The lowest BCUT2D eigenvalue weighted by atomic mass is 10.0. The van der Waals surface area contributed by atoms with Gasteiger partial charge in [0.05, 0.1) is 19.3 Å². The van der Waals surface area contributed by atoms with Gasteiger partial charge < -0.3 is 20.1 Å². The Morgan fingerprint density at radius 2 is 1.88 bits per heavy atom. The van der Waals surface area contributed by atoms with E-state index in [4.69, 9.17) is 9.47 Å². The molecule has 0 radical (unpaired) electrons. The van der Waals surface area contributed by atoms with E-state index < -0.39 is 6.04 Å². The van der Waals surface area contributed by atoms with Crippen LogP contribution in [-0.4, -0.2) is 55.2 Å². The van der Waals surface area contributed by atoms with Crippen LogP contribution in [0, 0.1) is 5.92 Å². The quantitative estimate of drug-likeness (QED) is 0.560. The summed E-state index contributed by atoms with van der Waals surface area (Å²) in [6, 6.07) is 14.6. The Balaban J connectivity index is 1.55. The summed E-state index contributed by atoms with van der Waals surface area (Å²) in [6.45, 7) is 12.3. The molecule has 7 heteroatoms. The predicted octanol–water partition coefficient (Wildman–Crippen LogP) is 3.38. The molecule has 2 amide bonds. The van der Waals surface area contributed by atoms with E-state index in [-0.39, 0.29) is 23.8 Å². The number of hydrogen-bond acceptors (Lipinski definition) is 5. The third-order valence-electron chi connectivity index (χ3n) is 5.85. The van der Waals surface area contributed by atoms with Gasteiger partial charge in [-0.05, 0) is 55.2 Å². The zero-order valence-electron chi connectivity index (χ0n) is 20.7. The van der Waals surface area contributed by atoms with Crippen molar-refractivity contribution in [2.45, 2.75) is 52.9 Å². The lowest BCUT2D eigenvalue weighted by molar-refractivity contribution is -0.124. The van der Waals surface area contributed by atoms with Crippen molar-refractivity contribution < 1.29 is 19.1 Å². The predicted molar refractivity (Wildman–Crippen MR) is 133 cm³/mol. The number of carbonyl (C=O) groups is 2. The Morgan fingerprint density at radius 3 is 2.56 bits per heavy atom. The average molecular weight is 468 g/mol. The van der Waals surface area contributed by atoms with E-state index >= 15 is 0 Å². The summed E-state index contributed by atoms with van der Waals surface area (Å²) in [5.74, 6) is 0.184. The number of benzene rings is 2. The molecule has 1 aliphatic heterocycles. The lowest BCUT2D eigenvalue weighted by Gasteiger charge is -2.31. The number of amides is 2. The van der Waals surface area contributed by atoms with Crippen LogP contribution in [0.4, 0.5) is 0 Å². The summed E-state index contributed by atoms with van der Waals surface area (Å²) in [5.41, 5.74) is 2.74. The van der Waals surface area contributed by atoms with E-state index in [1.165, 1.54) is 5.56 Å². The fourth-order valence-corrected chi connectivity index (χ4v) is 4.06. The van der Waals surface area contributed by atoms with Gasteiger partial charge in [-0.25, -0.2) is 0 Å². The third kappa shape index (κ3) is 7.57. The second kappa shape index (κ2) is 12.5. The van der Waals surface area contributed by atoms with Crippen LogP contribution < -0.4 is 15.4 Å². The molecule has 3 rings (SSSR count). The summed E-state index contributed by atoms with van der Waals surface area (Å²) in [4.78, 5) is 28.0. The van der Waals surface area contributed by atoms with Gasteiger partial charge in [-0.15, -0.1) is 0 Å². The van der Waals surface area contributed by atoms with Crippen LogP contribution in [0.2, 0.25) is 0 Å². The number of ether oxygens (including phenoxy) is 2. The molecule has 0 aromatic heterocycles. The molecule has 0 spiro atoms. The largest absolute Gasteiger partial charge is 0.494 e. The summed E-state index contributed by atoms with van der Waals surface area (Å²) in [7, 11) is 0. The SMILES string of the molecule is CCOc1ccc(C(=O)NC(C(=O)NCc2cccc(CN3CCOC(C)C3)c2)C(C)C)cc1. The Labute approximate surface area is 202 Å². The van der Waals surface area contributed by atoms with Gasteiger partial charge in [0.1, 0.15) is 11.8 Å². The monoisotopic (exact) mass is 467 g/mol. The molecule has 0 saturated carbocycles. The molecule has 7 nitrogen and oxygen atoms in total. The number of carbonyl (C=O) groups excluding carboxylic acids is 2. The first-order chi connectivity index (χ1) is 16.4. The lowest BCUT2D eigenvalue weighted by Crippen LogP contribution is -2.49. The third-order valence-corrected chi connectivity index (χ3v) is 5.85. The topological polar surface area (TPSA) is 79.9 Å². The molecular formula is C27H37N3O4. The molecule has 0 aliphatic carbocycles. The zero-order valence-corrected chi connectivity index (χ0v) is 20.7. The van der Waals surface area contributed by atoms with Gasteiger partial charge in [-0.1, -0.05) is 38.1 Å². The van der Waals surface area contributed by atoms with Crippen molar-refractivity contribution in [2.24, 2.45) is 5.92 Å². The maximum Gasteiger partial charge on any atom is 0.251 e. The molecule has 2 unspecified atom stereocenters. The minimum atomic E-state index is -0.628. The van der Waals surface area contributed by atoms with Crippen LogP contribution >= 0.6 is 0 Å². The molecule has 1 saturated heterocycles. The van der Waals surface area contributed by atoms with Crippen LogP contribution in [0.1, 0.15) is 49.2 Å². The smallest absolute Gasteiger partial charge is 0.251 e. The first-order valence-corrected chi connectivity index (χ1v) is 12.1. The van der Waals surface area contributed by atoms with Gasteiger partial charge >= 0.3 is 0 Å². The van der Waals surface area contributed by atoms with Crippen LogP contribution in [0.25, 0.3) is 0 Å². The van der Waals surface area contributed by atoms with Crippen LogP contribution in [0.3, 0.4) is 0 Å². The van der Waals surface area contributed by atoms with Gasteiger partial charge in [-0.3, -0.25) is 14.5 Å². The highest BCUT2D eigenvalue weighted by molar-refractivity contribution is 5.97. The summed E-state index contributed by atoms with van der Waals surface area (Å²) >= 11 is 0. The van der Waals surface area contributed by atoms with Gasteiger partial charge in [0.2, 0.25) is 5.91 Å². The van der Waals surface area contributed by atoms with Gasteiger partial charge in [0, 0.05) is 31.7 Å². The first-order valence-electron chi connectivity index (χ1n) is 12.1. The molecule has 2 aromatic rings. The highest BCUT2D eigenvalue weighted by Crippen LogP contribution is 2.14. The Morgan fingerprint density at radius 1 is 1.15 bits per heavy atom. The molecule has 0 bridgehead atoms.